The lowest BCUT2D eigenvalue weighted by atomic mass is 9.97. The average Bonchev–Trinajstić information content (AvgIpc) is 2.89. The molecule has 3 amide bonds. The molecule has 2 unspecified atom stereocenters. The van der Waals surface area contributed by atoms with Crippen molar-refractivity contribution in [1.29, 1.82) is 0 Å². The number of piperazine rings is 1. The van der Waals surface area contributed by atoms with Crippen LogP contribution >= 0.6 is 0 Å². The van der Waals surface area contributed by atoms with Gasteiger partial charge in [0.2, 0.25) is 17.7 Å². The summed E-state index contributed by atoms with van der Waals surface area (Å²) < 4.78 is 0. The summed E-state index contributed by atoms with van der Waals surface area (Å²) in [6.07, 6.45) is 0.493. The van der Waals surface area contributed by atoms with Crippen LogP contribution in [0.25, 0.3) is 0 Å². The van der Waals surface area contributed by atoms with E-state index in [1.807, 2.05) is 31.2 Å². The van der Waals surface area contributed by atoms with Crippen LogP contribution in [0, 0.1) is 0 Å². The summed E-state index contributed by atoms with van der Waals surface area (Å²) in [5.41, 5.74) is 1.87. The van der Waals surface area contributed by atoms with E-state index in [9.17, 15) is 14.4 Å². The lowest BCUT2D eigenvalue weighted by Crippen LogP contribution is -2.60. The molecule has 0 aromatic heterocycles. The predicted molar refractivity (Wildman–Crippen MR) is 76.6 cm³/mol. The third kappa shape index (κ3) is 2.26. The highest BCUT2D eigenvalue weighted by atomic mass is 16.2. The van der Waals surface area contributed by atoms with Crippen molar-refractivity contribution in [2.75, 3.05) is 18.4 Å². The second-order valence-corrected chi connectivity index (χ2v) is 5.32. The lowest BCUT2D eigenvalue weighted by molar-refractivity contribution is -0.150. The molecular weight excluding hydrogens is 270 g/mol. The van der Waals surface area contributed by atoms with Crippen LogP contribution in [0.5, 0.6) is 0 Å². The summed E-state index contributed by atoms with van der Waals surface area (Å²) in [6, 6.07) is 7.06. The fraction of sp³-hybridized carbons (Fsp3) is 0.400. The molecule has 2 heterocycles. The van der Waals surface area contributed by atoms with Crippen LogP contribution < -0.4 is 10.6 Å². The molecule has 0 saturated carbocycles. The summed E-state index contributed by atoms with van der Waals surface area (Å²) in [7, 11) is 0. The summed E-state index contributed by atoms with van der Waals surface area (Å²) in [5.74, 6) is -1.31. The molecule has 21 heavy (non-hydrogen) atoms. The van der Waals surface area contributed by atoms with Crippen molar-refractivity contribution in [3.8, 4) is 0 Å². The first-order valence-electron chi connectivity index (χ1n) is 7.08. The highest BCUT2D eigenvalue weighted by Crippen LogP contribution is 2.33. The van der Waals surface area contributed by atoms with E-state index < -0.39 is 11.9 Å². The summed E-state index contributed by atoms with van der Waals surface area (Å²) in [4.78, 5) is 37.6. The van der Waals surface area contributed by atoms with Gasteiger partial charge in [-0.1, -0.05) is 25.1 Å². The second-order valence-electron chi connectivity index (χ2n) is 5.32. The molecule has 6 heteroatoms. The van der Waals surface area contributed by atoms with E-state index >= 15 is 0 Å². The molecule has 2 aliphatic heterocycles. The Morgan fingerprint density at radius 2 is 2.10 bits per heavy atom. The Kier molecular flexibility index (Phi) is 3.37. The molecule has 0 radical (unpaired) electrons. The number of fused-ring (bicyclic) bond motifs is 1. The van der Waals surface area contributed by atoms with Crippen molar-refractivity contribution in [3.63, 3.8) is 0 Å². The number of carbonyl (C=O) groups is 3. The molecule has 2 N–H and O–H groups in total. The maximum Gasteiger partial charge on any atom is 0.249 e. The molecule has 0 spiro atoms. The van der Waals surface area contributed by atoms with E-state index in [2.05, 4.69) is 10.6 Å². The summed E-state index contributed by atoms with van der Waals surface area (Å²) in [5, 5.41) is 5.48. The number of benzene rings is 1. The highest BCUT2D eigenvalue weighted by Gasteiger charge is 2.40. The monoisotopic (exact) mass is 287 g/mol. The van der Waals surface area contributed by atoms with E-state index in [0.29, 0.717) is 13.0 Å². The largest absolute Gasteiger partial charge is 0.384 e. The number of hydrogen-bond donors (Lipinski definition) is 2. The zero-order valence-corrected chi connectivity index (χ0v) is 11.8. The second kappa shape index (κ2) is 5.20. The maximum atomic E-state index is 12.8. The quantitative estimate of drug-likeness (QED) is 0.775. The molecule has 6 nitrogen and oxygen atoms in total. The van der Waals surface area contributed by atoms with Gasteiger partial charge in [0.25, 0.3) is 0 Å². The number of carbonyl (C=O) groups excluding carboxylic acids is 3. The van der Waals surface area contributed by atoms with Crippen molar-refractivity contribution in [2.45, 2.75) is 25.3 Å². The van der Waals surface area contributed by atoms with Gasteiger partial charge in [-0.2, -0.15) is 0 Å². The zero-order chi connectivity index (χ0) is 15.0. The molecular formula is C15H17N3O3. The van der Waals surface area contributed by atoms with Crippen LogP contribution in [-0.4, -0.2) is 41.8 Å². The number of imide groups is 1. The minimum Gasteiger partial charge on any atom is -0.384 e. The molecule has 1 aromatic carbocycles. The first-order valence-corrected chi connectivity index (χ1v) is 7.08. The van der Waals surface area contributed by atoms with Crippen LogP contribution in [0.2, 0.25) is 0 Å². The normalized spacial score (nSPS) is 24.3. The van der Waals surface area contributed by atoms with Crippen molar-refractivity contribution in [1.82, 2.24) is 10.2 Å². The van der Waals surface area contributed by atoms with Gasteiger partial charge in [-0.3, -0.25) is 19.7 Å². The minimum atomic E-state index is -0.567. The molecule has 0 aliphatic carbocycles. The van der Waals surface area contributed by atoms with Gasteiger partial charge in [0.05, 0.1) is 5.92 Å². The molecule has 1 aromatic rings. The number of hydrogen-bond acceptors (Lipinski definition) is 4. The van der Waals surface area contributed by atoms with E-state index in [4.69, 9.17) is 0 Å². The van der Waals surface area contributed by atoms with Crippen LogP contribution in [0.1, 0.15) is 24.8 Å². The number of para-hydroxylation sites is 1. The number of rotatable bonds is 2. The van der Waals surface area contributed by atoms with Crippen LogP contribution in [0.3, 0.4) is 0 Å². The molecule has 110 valence electrons. The van der Waals surface area contributed by atoms with Gasteiger partial charge >= 0.3 is 0 Å². The SMILES string of the molecule is CCC1C(=O)NC(=O)CN1C(=O)C1CNc2ccccc21. The molecule has 2 aliphatic rings. The van der Waals surface area contributed by atoms with Gasteiger partial charge in [-0.05, 0) is 18.1 Å². The fourth-order valence-electron chi connectivity index (χ4n) is 3.01. The lowest BCUT2D eigenvalue weighted by Gasteiger charge is -2.35. The smallest absolute Gasteiger partial charge is 0.249 e. The molecule has 1 fully saturated rings. The van der Waals surface area contributed by atoms with Crippen molar-refractivity contribution < 1.29 is 14.4 Å². The zero-order valence-electron chi connectivity index (χ0n) is 11.8. The number of amides is 3. The first-order chi connectivity index (χ1) is 10.1. The van der Waals surface area contributed by atoms with E-state index in [0.717, 1.165) is 11.3 Å². The van der Waals surface area contributed by atoms with Crippen LogP contribution in [0.4, 0.5) is 5.69 Å². The van der Waals surface area contributed by atoms with Gasteiger partial charge in [0, 0.05) is 12.2 Å². The van der Waals surface area contributed by atoms with E-state index in [1.165, 1.54) is 4.90 Å². The third-order valence-electron chi connectivity index (χ3n) is 4.06. The van der Waals surface area contributed by atoms with E-state index in [-0.39, 0.29) is 24.3 Å². The Bertz CT molecular complexity index is 614. The average molecular weight is 287 g/mol. The molecule has 0 bridgehead atoms. The van der Waals surface area contributed by atoms with Crippen molar-refractivity contribution in [3.05, 3.63) is 29.8 Å². The fourth-order valence-corrected chi connectivity index (χ4v) is 3.01. The Hall–Kier alpha value is -2.37. The highest BCUT2D eigenvalue weighted by molar-refractivity contribution is 6.05. The summed E-state index contributed by atoms with van der Waals surface area (Å²) in [6.45, 7) is 2.28. The third-order valence-corrected chi connectivity index (χ3v) is 4.06. The van der Waals surface area contributed by atoms with Crippen LogP contribution in [0.15, 0.2) is 24.3 Å². The maximum absolute atomic E-state index is 12.8. The standard InChI is InChI=1S/C15H17N3O3/c1-2-12-14(20)17-13(19)8-18(12)15(21)10-7-16-11-6-4-3-5-9(10)11/h3-6,10,12,16H,2,7-8H2,1H3,(H,17,19,20). The van der Waals surface area contributed by atoms with Gasteiger partial charge in [-0.15, -0.1) is 0 Å². The Morgan fingerprint density at radius 1 is 1.33 bits per heavy atom. The van der Waals surface area contributed by atoms with Gasteiger partial charge < -0.3 is 10.2 Å². The van der Waals surface area contributed by atoms with E-state index in [1.54, 1.807) is 0 Å². The van der Waals surface area contributed by atoms with Crippen molar-refractivity contribution in [2.24, 2.45) is 0 Å². The topological polar surface area (TPSA) is 78.5 Å². The van der Waals surface area contributed by atoms with Gasteiger partial charge in [0.15, 0.2) is 0 Å². The number of anilines is 1. The number of nitrogens with one attached hydrogen (secondary N) is 2. The Morgan fingerprint density at radius 3 is 2.86 bits per heavy atom. The molecule has 1 saturated heterocycles. The predicted octanol–water partition coefficient (Wildman–Crippen LogP) is 0.459. The van der Waals surface area contributed by atoms with Gasteiger partial charge in [-0.25, -0.2) is 0 Å². The molecule has 3 rings (SSSR count). The minimum absolute atomic E-state index is 0.0538. The first kappa shape index (κ1) is 13.6. The van der Waals surface area contributed by atoms with Gasteiger partial charge in [0.1, 0.15) is 12.6 Å². The van der Waals surface area contributed by atoms with Crippen molar-refractivity contribution >= 4 is 23.4 Å². The van der Waals surface area contributed by atoms with Crippen LogP contribution in [-0.2, 0) is 14.4 Å². The summed E-state index contributed by atoms with van der Waals surface area (Å²) >= 11 is 0. The Balaban J connectivity index is 1.88. The number of nitrogens with zero attached hydrogens (tertiary/aromatic N) is 1. The molecule has 2 atom stereocenters. The Labute approximate surface area is 122 Å².